The number of hydrogen-bond donors (Lipinski definition) is 2. The summed E-state index contributed by atoms with van der Waals surface area (Å²) in [5.74, 6) is -4.02. The van der Waals surface area contributed by atoms with E-state index in [0.717, 1.165) is 6.92 Å². The number of esters is 1. The molecule has 17 heteroatoms. The number of anilines is 2. The van der Waals surface area contributed by atoms with Crippen molar-refractivity contribution in [3.8, 4) is 11.4 Å². The number of rotatable bonds is 6. The van der Waals surface area contributed by atoms with Gasteiger partial charge >= 0.3 is 24.1 Å². The number of H-pyrrole nitrogens is 1. The summed E-state index contributed by atoms with van der Waals surface area (Å²) in [6.07, 6.45) is -14.2. The highest BCUT2D eigenvalue weighted by Gasteiger charge is 2.44. The Hall–Kier alpha value is -4.67. The monoisotopic (exact) mass is 588 g/mol. The van der Waals surface area contributed by atoms with Crippen LogP contribution in [0.5, 0.6) is 0 Å². The first-order chi connectivity index (χ1) is 19.1. The van der Waals surface area contributed by atoms with E-state index >= 15 is 0 Å². The van der Waals surface area contributed by atoms with Crippen LogP contribution in [0.25, 0.3) is 11.4 Å². The number of nitrogens with zero attached hydrogens (tertiary/aromatic N) is 2. The number of halogens is 6. The van der Waals surface area contributed by atoms with Crippen LogP contribution in [0.4, 0.5) is 37.7 Å². The number of carbonyl (C=O) groups excluding carboxylic acids is 3. The van der Waals surface area contributed by atoms with Gasteiger partial charge in [-0.15, -0.1) is 0 Å². The molecule has 2 amide bonds. The van der Waals surface area contributed by atoms with E-state index in [4.69, 9.17) is 9.47 Å². The van der Waals surface area contributed by atoms with Gasteiger partial charge in [0.1, 0.15) is 0 Å². The van der Waals surface area contributed by atoms with Gasteiger partial charge in [0.05, 0.1) is 17.7 Å². The van der Waals surface area contributed by atoms with Crippen molar-refractivity contribution in [1.82, 2.24) is 10.1 Å². The Bertz CT molecular complexity index is 1480. The molecule has 2 atom stereocenters. The summed E-state index contributed by atoms with van der Waals surface area (Å²) < 4.78 is 94.8. The van der Waals surface area contributed by atoms with Gasteiger partial charge in [-0.3, -0.25) is 23.9 Å². The fourth-order valence-corrected chi connectivity index (χ4v) is 3.88. The fourth-order valence-electron chi connectivity index (χ4n) is 3.88. The number of benzene rings is 2. The predicted molar refractivity (Wildman–Crippen MR) is 125 cm³/mol. The molecule has 0 saturated carbocycles. The van der Waals surface area contributed by atoms with Crippen molar-refractivity contribution in [3.63, 3.8) is 0 Å². The minimum Gasteiger partial charge on any atom is -0.449 e. The first-order valence-corrected chi connectivity index (χ1v) is 11.5. The lowest BCUT2D eigenvalue weighted by atomic mass is 10.0. The third kappa shape index (κ3) is 6.74. The van der Waals surface area contributed by atoms with Crippen LogP contribution in [0.3, 0.4) is 0 Å². The van der Waals surface area contributed by atoms with Gasteiger partial charge < -0.3 is 19.7 Å². The van der Waals surface area contributed by atoms with Crippen molar-refractivity contribution in [1.29, 1.82) is 0 Å². The molecule has 2 N–H and O–H groups in total. The molecule has 41 heavy (non-hydrogen) atoms. The van der Waals surface area contributed by atoms with Gasteiger partial charge in [0.25, 0.3) is 11.8 Å². The maximum atomic E-state index is 13.4. The van der Waals surface area contributed by atoms with Gasteiger partial charge in [0.2, 0.25) is 6.10 Å². The SMILES string of the molecule is CC(=O)OC(C(=O)Nc1ccc(-c2noc(=O)[nH]2)cc1)[C@H]1OCCN(c2cc(C(F)(F)F)cc(C(F)(F)F)c2)C1=O. The highest BCUT2D eigenvalue weighted by atomic mass is 19.4. The standard InChI is InChI=1S/C24H18F6N4O7/c1-11(35)40-17(20(36)31-15-4-2-12(3-5-15)19-32-22(38)41-33-19)18-21(37)34(6-7-39-18)16-9-13(23(25,26)27)8-14(10-16)24(28,29)30/h2-5,8-10,17-18H,6-7H2,1H3,(H,31,36)(H,32,33,38)/t17?,18-/m1/s1. The maximum absolute atomic E-state index is 13.4. The summed E-state index contributed by atoms with van der Waals surface area (Å²) in [5, 5.41) is 5.89. The third-order valence-corrected chi connectivity index (χ3v) is 5.70. The lowest BCUT2D eigenvalue weighted by Gasteiger charge is -2.35. The Morgan fingerprint density at radius 3 is 2.17 bits per heavy atom. The van der Waals surface area contributed by atoms with Crippen molar-refractivity contribution in [3.05, 3.63) is 64.1 Å². The Morgan fingerprint density at radius 2 is 1.66 bits per heavy atom. The van der Waals surface area contributed by atoms with Gasteiger partial charge in [-0.05, 0) is 42.5 Å². The lowest BCUT2D eigenvalue weighted by molar-refractivity contribution is -0.167. The largest absolute Gasteiger partial charge is 0.449 e. The minimum absolute atomic E-state index is 0.0907. The minimum atomic E-state index is -5.16. The van der Waals surface area contributed by atoms with Crippen LogP contribution in [0.1, 0.15) is 18.1 Å². The molecule has 3 aromatic rings. The highest BCUT2D eigenvalue weighted by Crippen LogP contribution is 2.39. The van der Waals surface area contributed by atoms with E-state index in [1.807, 2.05) is 0 Å². The molecule has 2 aromatic carbocycles. The normalized spacial score (nSPS) is 16.8. The van der Waals surface area contributed by atoms with E-state index in [0.29, 0.717) is 22.6 Å². The van der Waals surface area contributed by atoms with Gasteiger partial charge in [0.15, 0.2) is 11.9 Å². The number of carbonyl (C=O) groups is 3. The Labute approximate surface area is 225 Å². The molecule has 1 unspecified atom stereocenters. The molecule has 0 spiro atoms. The zero-order valence-corrected chi connectivity index (χ0v) is 20.6. The van der Waals surface area contributed by atoms with Crippen LogP contribution < -0.4 is 16.0 Å². The zero-order chi connectivity index (χ0) is 30.1. The fraction of sp³-hybridized carbons (Fsp3) is 0.292. The van der Waals surface area contributed by atoms with E-state index in [-0.39, 0.29) is 17.6 Å². The van der Waals surface area contributed by atoms with Crippen molar-refractivity contribution in [2.75, 3.05) is 23.4 Å². The molecule has 0 aliphatic carbocycles. The molecule has 4 rings (SSSR count). The number of aromatic nitrogens is 2. The molecular formula is C24H18F6N4O7. The summed E-state index contributed by atoms with van der Waals surface area (Å²) >= 11 is 0. The molecule has 0 radical (unpaired) electrons. The molecule has 1 aromatic heterocycles. The Kier molecular flexibility index (Phi) is 7.92. The van der Waals surface area contributed by atoms with Crippen LogP contribution in [-0.4, -0.2) is 53.3 Å². The number of ether oxygens (including phenoxy) is 2. The van der Waals surface area contributed by atoms with Gasteiger partial charge in [-0.1, -0.05) is 5.16 Å². The van der Waals surface area contributed by atoms with Crippen LogP contribution in [0.2, 0.25) is 0 Å². The summed E-state index contributed by atoms with van der Waals surface area (Å²) in [6.45, 7) is 0.0544. The topological polar surface area (TPSA) is 144 Å². The average molecular weight is 588 g/mol. The Morgan fingerprint density at radius 1 is 1.05 bits per heavy atom. The average Bonchev–Trinajstić information content (AvgIpc) is 3.33. The number of aromatic amines is 1. The van der Waals surface area contributed by atoms with Crippen LogP contribution in [0.15, 0.2) is 51.8 Å². The van der Waals surface area contributed by atoms with E-state index < -0.39 is 78.1 Å². The van der Waals surface area contributed by atoms with Gasteiger partial charge in [0, 0.05) is 30.4 Å². The molecule has 218 valence electrons. The number of morpholine rings is 1. The van der Waals surface area contributed by atoms with Gasteiger partial charge in [-0.25, -0.2) is 4.79 Å². The molecule has 11 nitrogen and oxygen atoms in total. The number of hydrogen-bond acceptors (Lipinski definition) is 8. The first-order valence-electron chi connectivity index (χ1n) is 11.5. The van der Waals surface area contributed by atoms with E-state index in [1.165, 1.54) is 24.3 Å². The maximum Gasteiger partial charge on any atom is 0.439 e. The third-order valence-electron chi connectivity index (χ3n) is 5.70. The number of alkyl halides is 6. The van der Waals surface area contributed by atoms with Crippen molar-refractivity contribution in [2.24, 2.45) is 0 Å². The van der Waals surface area contributed by atoms with E-state index in [1.54, 1.807) is 0 Å². The lowest BCUT2D eigenvalue weighted by Crippen LogP contribution is -2.56. The van der Waals surface area contributed by atoms with Crippen LogP contribution in [-0.2, 0) is 36.2 Å². The smallest absolute Gasteiger partial charge is 0.439 e. The van der Waals surface area contributed by atoms with E-state index in [9.17, 15) is 45.5 Å². The zero-order valence-electron chi connectivity index (χ0n) is 20.6. The summed E-state index contributed by atoms with van der Waals surface area (Å²) in [6, 6.07) is 6.22. The molecule has 0 bridgehead atoms. The van der Waals surface area contributed by atoms with Gasteiger partial charge in [-0.2, -0.15) is 26.3 Å². The molecule has 1 aliphatic rings. The predicted octanol–water partition coefficient (Wildman–Crippen LogP) is 3.37. The second kappa shape index (κ2) is 11.1. The second-order valence-electron chi connectivity index (χ2n) is 8.59. The first kappa shape index (κ1) is 29.3. The summed E-state index contributed by atoms with van der Waals surface area (Å²) in [5.41, 5.74) is -3.52. The second-order valence-corrected chi connectivity index (χ2v) is 8.59. The molecule has 1 saturated heterocycles. The molecule has 1 fully saturated rings. The molecular weight excluding hydrogens is 570 g/mol. The van der Waals surface area contributed by atoms with Crippen LogP contribution in [0, 0.1) is 0 Å². The number of amides is 2. The van der Waals surface area contributed by atoms with Crippen molar-refractivity contribution in [2.45, 2.75) is 31.5 Å². The molecule has 1 aliphatic heterocycles. The van der Waals surface area contributed by atoms with Crippen molar-refractivity contribution >= 4 is 29.2 Å². The van der Waals surface area contributed by atoms with Crippen molar-refractivity contribution < 1.29 is 54.7 Å². The number of nitrogens with one attached hydrogen (secondary N) is 2. The quantitative estimate of drug-likeness (QED) is 0.330. The van der Waals surface area contributed by atoms with E-state index in [2.05, 4.69) is 20.0 Å². The Balaban J connectivity index is 1.60. The highest BCUT2D eigenvalue weighted by molar-refractivity contribution is 6.04. The summed E-state index contributed by atoms with van der Waals surface area (Å²) in [7, 11) is 0. The summed E-state index contributed by atoms with van der Waals surface area (Å²) in [4.78, 5) is 52.1. The molecule has 2 heterocycles. The van der Waals surface area contributed by atoms with Crippen LogP contribution >= 0.6 is 0 Å².